The monoisotopic (exact) mass is 1680 g/mol. The van der Waals surface area contributed by atoms with Gasteiger partial charge in [-0.15, -0.1) is 0 Å². The van der Waals surface area contributed by atoms with Gasteiger partial charge >= 0.3 is 0 Å². The highest BCUT2D eigenvalue weighted by Crippen LogP contribution is 2.37. The first-order valence-electron chi connectivity index (χ1n) is 38.2. The van der Waals surface area contributed by atoms with E-state index in [4.69, 9.17) is 73.2 Å². The molecule has 1 unspecified atom stereocenters. The number of unbranched alkanes of at least 4 members (excludes halogenated alkanes) is 5. The molecule has 43 nitrogen and oxygen atoms in total. The highest BCUT2D eigenvalue weighted by atomic mass is 35.5. The van der Waals surface area contributed by atoms with E-state index in [1.807, 2.05) is 6.07 Å². The molecule has 44 heteroatoms. The number of amides is 5. The molecule has 7 aliphatic heterocycles. The number of pyridine rings is 1. The van der Waals surface area contributed by atoms with Gasteiger partial charge < -0.3 is 165 Å². The lowest BCUT2D eigenvalue weighted by molar-refractivity contribution is -0.485. The normalized spacial score (nSPS) is 36.3. The summed E-state index contributed by atoms with van der Waals surface area (Å²) in [5.41, 5.74) is 0.973. The molecule has 0 saturated carbocycles. The summed E-state index contributed by atoms with van der Waals surface area (Å²) in [5, 5.41) is 175. The molecule has 5 amide bonds. The fourth-order valence-corrected chi connectivity index (χ4v) is 14.4. The molecule has 654 valence electrons. The number of rotatable bonds is 35. The van der Waals surface area contributed by atoms with Gasteiger partial charge in [-0.1, -0.05) is 62.1 Å². The number of hydrogen-bond acceptors (Lipinski definition) is 34. The lowest BCUT2D eigenvalue weighted by Gasteiger charge is -2.51. The number of hydrogen-bond donors (Lipinski definition) is 19. The second-order valence-electron chi connectivity index (χ2n) is 28.8. The van der Waals surface area contributed by atoms with Crippen molar-refractivity contribution < 1.29 is 157 Å². The molecular formula is C72H111ClN10O33. The van der Waals surface area contributed by atoms with Crippen LogP contribution in [0.1, 0.15) is 102 Å². The summed E-state index contributed by atoms with van der Waals surface area (Å²) >= 11 is 5.68. The van der Waals surface area contributed by atoms with E-state index in [2.05, 4.69) is 61.1 Å². The number of aliphatic hydroxyl groups excluding tert-OH is 13. The van der Waals surface area contributed by atoms with Gasteiger partial charge in [-0.3, -0.25) is 24.0 Å². The summed E-state index contributed by atoms with van der Waals surface area (Å²) in [6.45, 7) is 5.36. The fraction of sp³-hybridized carbons (Fsp3) is 0.736. The molecule has 2 aromatic rings. The van der Waals surface area contributed by atoms with Crippen molar-refractivity contribution in [1.29, 1.82) is 0 Å². The van der Waals surface area contributed by atoms with E-state index >= 15 is 0 Å². The van der Waals surface area contributed by atoms with Gasteiger partial charge in [0.15, 0.2) is 42.8 Å². The van der Waals surface area contributed by atoms with Crippen LogP contribution in [0.25, 0.3) is 0 Å². The summed E-state index contributed by atoms with van der Waals surface area (Å²) in [6, 6.07) is 1.06. The maximum atomic E-state index is 14.0. The van der Waals surface area contributed by atoms with Gasteiger partial charge in [0.25, 0.3) is 11.9 Å². The molecule has 7 fully saturated rings. The zero-order valence-electron chi connectivity index (χ0n) is 65.0. The minimum atomic E-state index is -2.07. The smallest absolute Gasteiger partial charge is 0.271 e. The first-order valence-corrected chi connectivity index (χ1v) is 38.6. The van der Waals surface area contributed by atoms with E-state index in [9.17, 15) is 100 Å². The average Bonchev–Trinajstić information content (AvgIpc) is 0.842. The highest BCUT2D eigenvalue weighted by molar-refractivity contribution is 6.29. The Bertz CT molecular complexity index is 3500. The van der Waals surface area contributed by atoms with E-state index in [0.717, 1.165) is 58.9 Å². The quantitative estimate of drug-likeness (QED) is 0.0100. The largest absolute Gasteiger partial charge is 0.494 e. The Labute approximate surface area is 672 Å². The number of halogens is 1. The third kappa shape index (κ3) is 25.4. The zero-order valence-corrected chi connectivity index (χ0v) is 65.7. The summed E-state index contributed by atoms with van der Waals surface area (Å²) in [7, 11) is 1.21. The predicted molar refractivity (Wildman–Crippen MR) is 395 cm³/mol. The Hall–Kier alpha value is -6.78. The highest BCUT2D eigenvalue weighted by Gasteiger charge is 2.58. The lowest BCUT2D eigenvalue weighted by atomic mass is 9.93. The van der Waals surface area contributed by atoms with Gasteiger partial charge in [-0.25, -0.2) is 15.1 Å². The van der Waals surface area contributed by atoms with Crippen LogP contribution in [0.15, 0.2) is 59.8 Å². The third-order valence-corrected chi connectivity index (χ3v) is 20.4. The number of aliphatic hydroxyl groups is 13. The first-order chi connectivity index (χ1) is 55.3. The average molecular weight is 1680 g/mol. The topological polar surface area (TPSA) is 612 Å². The SMILES string of the molecule is CCCCCC/C=C\CCCOc1cccc(C(=O)N[C@H]2[C@H](O[C@H]3[C@H](O)[C@@H](NC(C)=O)[C@H](O[C@H]4[C@H](O)[C@@H](NC(C)=O)[C@H](O[C@H]5[C@H](O)[C@@H](NC(C)=O)[C@H](O[C@H]6[C@H](O)[C@@H](NC(C)=O)C(O)O[C@@H]6CO[C@H]6O[C@@H](C)[C@@H](O)[C@@H](O)[C@@H]6OC)O[C@@H]5CO)O[C@@H]4CO)O[C@@H]3CO)O[C@H](CO)[C@@H](O)[C@@H]2O)c1.O=[N+]([O-])/N=C1\NCCN1Cc1ccc(Cl)nc1. The van der Waals surface area contributed by atoms with Crippen molar-refractivity contribution in [2.75, 3.05) is 59.8 Å². The van der Waals surface area contributed by atoms with Crippen molar-refractivity contribution in [3.05, 3.63) is 81.1 Å². The number of ether oxygens (including phenoxy) is 13. The molecule has 9 rings (SSSR count). The van der Waals surface area contributed by atoms with Crippen LogP contribution in [-0.2, 0) is 82.6 Å². The number of aromatic nitrogens is 1. The number of hydrazone groups is 1. The number of allylic oxidation sites excluding steroid dienone is 2. The van der Waals surface area contributed by atoms with E-state index in [1.165, 1.54) is 39.0 Å². The Kier molecular flexibility index (Phi) is 37.2. The second-order valence-corrected chi connectivity index (χ2v) is 29.2. The van der Waals surface area contributed by atoms with Crippen molar-refractivity contribution in [3.8, 4) is 5.75 Å². The summed E-state index contributed by atoms with van der Waals surface area (Å²) in [4.78, 5) is 81.2. The minimum absolute atomic E-state index is 0.0482. The number of nitro groups is 1. The maximum absolute atomic E-state index is 14.0. The number of benzene rings is 1. The van der Waals surface area contributed by atoms with Crippen molar-refractivity contribution in [2.45, 2.75) is 277 Å². The number of nitrogens with one attached hydrogen (secondary N) is 6. The molecule has 116 heavy (non-hydrogen) atoms. The van der Waals surface area contributed by atoms with Crippen LogP contribution in [0.5, 0.6) is 5.75 Å². The zero-order chi connectivity index (χ0) is 84.8. The molecule has 1 aromatic heterocycles. The van der Waals surface area contributed by atoms with Gasteiger partial charge in [-0.2, -0.15) is 0 Å². The molecule has 0 aliphatic carbocycles. The standard InChI is InChI=1S/C63H101N5O31.C9H10ClN5O2/c1-8-9-10-11-12-13-14-15-16-20-88-33-19-17-18-32(21-33)57(85)68-40-46(79)45(78)34(22-69)92-59(40)96-52-35(23-70)93-60(41(48(52)81)65-29(4)74)97-53-36(24-71)94-61(42(49(53)82)66-30(5)75)98-54-37(25-72)95-62(43(50(54)83)67-31(6)76)99-55-38(91-58(86)39(47(55)80)64-28(3)73)26-89-63-56(87-7)51(84)44(77)27(2)90-63;10-8-2-1-7(5-12-8)6-14-4-3-11-9(14)13-15(16)17/h13-14,17-19,21,27,34-56,58-63,69-72,77-84,86H,8-12,15-16,20,22-26H2,1-7H3,(H,64,73)(H,65,74)(H,66,75)(H,67,76)(H,68,85);1-2,5H,3-4,6H2,(H,11,13)/b14-13-;/t27-,34+,35+,36+,37+,38+,39+,40+,41+,42+,43+,44+,45+,46+,47+,48+,49+,50+,51+,52+,53+,54+,55+,56-,58?,59-,60-,61-,62-,63-;/m0./s1. The van der Waals surface area contributed by atoms with Crippen LogP contribution >= 0.6 is 11.6 Å². The Balaban J connectivity index is 0.000000869. The molecule has 0 bridgehead atoms. The van der Waals surface area contributed by atoms with Crippen LogP contribution in [0.2, 0.25) is 5.15 Å². The van der Waals surface area contributed by atoms with E-state index in [1.54, 1.807) is 29.3 Å². The van der Waals surface area contributed by atoms with Crippen molar-refractivity contribution in [3.63, 3.8) is 0 Å². The first kappa shape index (κ1) is 94.7. The number of nitrogens with zero attached hydrogens (tertiary/aromatic N) is 4. The molecule has 8 heterocycles. The summed E-state index contributed by atoms with van der Waals surface area (Å²) in [5.74, 6) is -3.39. The molecular weight excluding hydrogens is 1570 g/mol. The van der Waals surface area contributed by atoms with E-state index in [-0.39, 0.29) is 11.5 Å². The predicted octanol–water partition coefficient (Wildman–Crippen LogP) is -6.03. The van der Waals surface area contributed by atoms with Gasteiger partial charge in [-0.05, 0) is 62.4 Å². The van der Waals surface area contributed by atoms with Crippen LogP contribution in [0, 0.1) is 10.1 Å². The molecule has 1 aromatic carbocycles. The fourth-order valence-electron chi connectivity index (χ4n) is 14.2. The molecule has 7 saturated heterocycles. The van der Waals surface area contributed by atoms with Crippen LogP contribution in [0.3, 0.4) is 0 Å². The number of guanidine groups is 1. The molecule has 0 radical (unpaired) electrons. The number of carbonyl (C=O) groups excluding carboxylic acids is 5. The van der Waals surface area contributed by atoms with Crippen molar-refractivity contribution in [1.82, 2.24) is 41.8 Å². The minimum Gasteiger partial charge on any atom is -0.494 e. The van der Waals surface area contributed by atoms with Gasteiger partial charge in [0.2, 0.25) is 23.6 Å². The third-order valence-electron chi connectivity index (χ3n) is 20.1. The van der Waals surface area contributed by atoms with Gasteiger partial charge in [0.1, 0.15) is 156 Å². The number of carbonyl (C=O) groups is 5. The molecule has 0 spiro atoms. The molecule has 7 aliphatic rings. The van der Waals surface area contributed by atoms with Crippen LogP contribution < -0.4 is 36.6 Å². The molecule has 30 atom stereocenters. The maximum Gasteiger partial charge on any atom is 0.271 e. The van der Waals surface area contributed by atoms with E-state index < -0.39 is 252 Å². The van der Waals surface area contributed by atoms with Crippen LogP contribution in [0.4, 0.5) is 0 Å². The summed E-state index contributed by atoms with van der Waals surface area (Å²) < 4.78 is 77.9. The van der Waals surface area contributed by atoms with Crippen LogP contribution in [-0.4, -0.2) is 361 Å². The van der Waals surface area contributed by atoms with Crippen molar-refractivity contribution >= 4 is 47.1 Å². The second kappa shape index (κ2) is 45.6. The summed E-state index contributed by atoms with van der Waals surface area (Å²) in [6.07, 6.45) is -30.4. The lowest BCUT2D eigenvalue weighted by Crippen LogP contribution is -2.72. The van der Waals surface area contributed by atoms with Gasteiger partial charge in [0, 0.05) is 66.2 Å². The number of methoxy groups -OCH3 is 1. The Morgan fingerprint density at radius 2 is 1.09 bits per heavy atom. The Morgan fingerprint density at radius 3 is 1.57 bits per heavy atom. The Morgan fingerprint density at radius 1 is 0.595 bits per heavy atom. The van der Waals surface area contributed by atoms with Gasteiger partial charge in [0.05, 0.1) is 45.7 Å². The van der Waals surface area contributed by atoms with Crippen molar-refractivity contribution in [2.24, 2.45) is 5.10 Å². The molecule has 19 N–H and O–H groups in total. The van der Waals surface area contributed by atoms with E-state index in [0.29, 0.717) is 43.6 Å².